The largest absolute Gasteiger partial charge is 0.507 e. The summed E-state index contributed by atoms with van der Waals surface area (Å²) in [5.74, 6) is -1.56. The topological polar surface area (TPSA) is 107 Å². The number of rotatable bonds is 8. The Morgan fingerprint density at radius 2 is 2.07 bits per heavy atom. The lowest BCUT2D eigenvalue weighted by molar-refractivity contribution is -0.137. The molecular weight excluding hydrogens is 412 g/mol. The molecule has 2 amide bonds. The molecule has 3 N–H and O–H groups in total. The molecule has 0 saturated carbocycles. The number of amides is 2. The second kappa shape index (κ2) is 9.72. The molecule has 0 unspecified atom stereocenters. The minimum absolute atomic E-state index is 0.00888. The van der Waals surface area contributed by atoms with Gasteiger partial charge in [-0.1, -0.05) is 35.6 Å². The van der Waals surface area contributed by atoms with Crippen molar-refractivity contribution in [3.05, 3.63) is 33.7 Å². The standard InChI is InChI=1S/C17H17ClN2O5S2/c18-11-3-4-12(21)10(8-11)9-13-16(25)20(17(26)27-13)7-5-14(22)19-6-1-2-15(23)24/h3-4,8-9,21H,1-2,5-7H2,(H,19,22)(H,23,24)/b13-9-. The zero-order valence-electron chi connectivity index (χ0n) is 14.1. The first kappa shape index (κ1) is 21.2. The maximum Gasteiger partial charge on any atom is 0.303 e. The highest BCUT2D eigenvalue weighted by molar-refractivity contribution is 8.26. The van der Waals surface area contributed by atoms with Crippen LogP contribution in [0.25, 0.3) is 6.08 Å². The number of benzene rings is 1. The van der Waals surface area contributed by atoms with Crippen LogP contribution in [0.4, 0.5) is 0 Å². The Morgan fingerprint density at radius 3 is 2.78 bits per heavy atom. The monoisotopic (exact) mass is 428 g/mol. The van der Waals surface area contributed by atoms with Crippen LogP contribution < -0.4 is 5.32 Å². The number of phenolic OH excluding ortho intramolecular Hbond substituents is 1. The molecule has 10 heteroatoms. The summed E-state index contributed by atoms with van der Waals surface area (Å²) < 4.78 is 0.325. The van der Waals surface area contributed by atoms with Crippen molar-refractivity contribution >= 4 is 63.8 Å². The van der Waals surface area contributed by atoms with Crippen LogP contribution in [0.3, 0.4) is 0 Å². The molecule has 27 heavy (non-hydrogen) atoms. The Morgan fingerprint density at radius 1 is 1.33 bits per heavy atom. The van der Waals surface area contributed by atoms with E-state index >= 15 is 0 Å². The van der Waals surface area contributed by atoms with Gasteiger partial charge in [0, 0.05) is 36.5 Å². The lowest BCUT2D eigenvalue weighted by Gasteiger charge is -2.14. The van der Waals surface area contributed by atoms with E-state index in [0.29, 0.717) is 26.2 Å². The lowest BCUT2D eigenvalue weighted by Crippen LogP contribution is -2.33. The molecule has 1 saturated heterocycles. The summed E-state index contributed by atoms with van der Waals surface area (Å²) in [6.45, 7) is 0.381. The number of nitrogens with zero attached hydrogens (tertiary/aromatic N) is 1. The number of aromatic hydroxyl groups is 1. The molecule has 0 aromatic heterocycles. The molecule has 0 aliphatic carbocycles. The van der Waals surface area contributed by atoms with Crippen molar-refractivity contribution in [2.75, 3.05) is 13.1 Å². The van der Waals surface area contributed by atoms with Gasteiger partial charge in [-0.2, -0.15) is 0 Å². The third kappa shape index (κ3) is 6.23. The summed E-state index contributed by atoms with van der Waals surface area (Å²) in [7, 11) is 0. The normalized spacial score (nSPS) is 15.4. The molecule has 0 spiro atoms. The highest BCUT2D eigenvalue weighted by Gasteiger charge is 2.32. The minimum atomic E-state index is -0.917. The van der Waals surface area contributed by atoms with E-state index in [-0.39, 0.29) is 43.5 Å². The fraction of sp³-hybridized carbons (Fsp3) is 0.294. The first-order chi connectivity index (χ1) is 12.8. The van der Waals surface area contributed by atoms with E-state index in [9.17, 15) is 19.5 Å². The molecule has 0 radical (unpaired) electrons. The molecule has 1 aliphatic rings. The van der Waals surface area contributed by atoms with E-state index in [1.165, 1.54) is 29.2 Å². The van der Waals surface area contributed by atoms with Crippen molar-refractivity contribution in [1.82, 2.24) is 10.2 Å². The second-order valence-electron chi connectivity index (χ2n) is 5.63. The smallest absolute Gasteiger partial charge is 0.303 e. The zero-order chi connectivity index (χ0) is 20.0. The highest BCUT2D eigenvalue weighted by atomic mass is 35.5. The van der Waals surface area contributed by atoms with E-state index in [1.807, 2.05) is 0 Å². The Hall–Kier alpha value is -2.10. The van der Waals surface area contributed by atoms with Gasteiger partial charge in [0.15, 0.2) is 0 Å². The van der Waals surface area contributed by atoms with Gasteiger partial charge in [0.05, 0.1) is 4.91 Å². The number of phenols is 1. The Bertz CT molecular complexity index is 813. The fourth-order valence-corrected chi connectivity index (χ4v) is 3.72. The zero-order valence-corrected chi connectivity index (χ0v) is 16.5. The van der Waals surface area contributed by atoms with Crippen LogP contribution in [0.2, 0.25) is 5.02 Å². The summed E-state index contributed by atoms with van der Waals surface area (Å²) in [5, 5.41) is 21.4. The molecule has 1 heterocycles. The molecular formula is C17H17ClN2O5S2. The third-order valence-electron chi connectivity index (χ3n) is 3.60. The molecule has 0 bridgehead atoms. The van der Waals surface area contributed by atoms with Gasteiger partial charge >= 0.3 is 5.97 Å². The number of carboxylic acids is 1. The van der Waals surface area contributed by atoms with E-state index in [0.717, 1.165) is 11.8 Å². The number of carboxylic acid groups (broad SMARTS) is 1. The van der Waals surface area contributed by atoms with Gasteiger partial charge in [-0.15, -0.1) is 0 Å². The number of nitrogens with one attached hydrogen (secondary N) is 1. The maximum absolute atomic E-state index is 12.5. The van der Waals surface area contributed by atoms with Gasteiger partial charge in [-0.3, -0.25) is 19.3 Å². The number of hydrogen-bond acceptors (Lipinski definition) is 6. The predicted octanol–water partition coefficient (Wildman–Crippen LogP) is 2.62. The van der Waals surface area contributed by atoms with Gasteiger partial charge in [-0.25, -0.2) is 0 Å². The van der Waals surface area contributed by atoms with Crippen molar-refractivity contribution < 1.29 is 24.6 Å². The number of carbonyl (C=O) groups is 3. The Balaban J connectivity index is 1.92. The molecule has 1 fully saturated rings. The van der Waals surface area contributed by atoms with Gasteiger partial charge in [-0.05, 0) is 30.7 Å². The van der Waals surface area contributed by atoms with Crippen LogP contribution in [-0.2, 0) is 14.4 Å². The van der Waals surface area contributed by atoms with E-state index in [4.69, 9.17) is 28.9 Å². The van der Waals surface area contributed by atoms with Crippen LogP contribution in [0.1, 0.15) is 24.8 Å². The van der Waals surface area contributed by atoms with Crippen molar-refractivity contribution in [3.8, 4) is 5.75 Å². The van der Waals surface area contributed by atoms with Crippen LogP contribution in [-0.4, -0.2) is 50.3 Å². The van der Waals surface area contributed by atoms with Crippen molar-refractivity contribution in [2.45, 2.75) is 19.3 Å². The predicted molar refractivity (Wildman–Crippen MR) is 107 cm³/mol. The van der Waals surface area contributed by atoms with Crippen LogP contribution in [0.15, 0.2) is 23.1 Å². The first-order valence-electron chi connectivity index (χ1n) is 8.00. The quantitative estimate of drug-likeness (QED) is 0.332. The summed E-state index contributed by atoms with van der Waals surface area (Å²) in [5.41, 5.74) is 0.402. The molecule has 1 aliphatic heterocycles. The molecule has 0 atom stereocenters. The van der Waals surface area contributed by atoms with Crippen molar-refractivity contribution in [2.24, 2.45) is 0 Å². The Kier molecular flexibility index (Phi) is 7.64. The maximum atomic E-state index is 12.5. The minimum Gasteiger partial charge on any atom is -0.507 e. The molecule has 7 nitrogen and oxygen atoms in total. The number of hydrogen-bond donors (Lipinski definition) is 3. The van der Waals surface area contributed by atoms with Crippen LogP contribution in [0.5, 0.6) is 5.75 Å². The number of thioether (sulfide) groups is 1. The summed E-state index contributed by atoms with van der Waals surface area (Å²) in [6.07, 6.45) is 1.88. The van der Waals surface area contributed by atoms with Crippen molar-refractivity contribution in [3.63, 3.8) is 0 Å². The summed E-state index contributed by atoms with van der Waals surface area (Å²) in [6, 6.07) is 4.51. The van der Waals surface area contributed by atoms with E-state index in [1.54, 1.807) is 0 Å². The lowest BCUT2D eigenvalue weighted by atomic mass is 10.2. The molecule has 144 valence electrons. The molecule has 2 rings (SSSR count). The third-order valence-corrected chi connectivity index (χ3v) is 5.21. The molecule has 1 aromatic carbocycles. The average molecular weight is 429 g/mol. The molecule has 1 aromatic rings. The Labute approximate surface area is 170 Å². The van der Waals surface area contributed by atoms with Gasteiger partial charge < -0.3 is 15.5 Å². The van der Waals surface area contributed by atoms with Gasteiger partial charge in [0.2, 0.25) is 5.91 Å². The number of carbonyl (C=O) groups excluding carboxylic acids is 2. The summed E-state index contributed by atoms with van der Waals surface area (Å²) in [4.78, 5) is 36.4. The van der Waals surface area contributed by atoms with Crippen LogP contribution in [0, 0.1) is 0 Å². The van der Waals surface area contributed by atoms with Crippen molar-refractivity contribution in [1.29, 1.82) is 0 Å². The summed E-state index contributed by atoms with van der Waals surface area (Å²) >= 11 is 12.2. The number of thiocarbonyl (C=S) groups is 1. The highest BCUT2D eigenvalue weighted by Crippen LogP contribution is 2.34. The average Bonchev–Trinajstić information content (AvgIpc) is 2.86. The number of aliphatic carboxylic acids is 1. The van der Waals surface area contributed by atoms with Crippen LogP contribution >= 0.6 is 35.6 Å². The van der Waals surface area contributed by atoms with E-state index in [2.05, 4.69) is 5.32 Å². The fourth-order valence-electron chi connectivity index (χ4n) is 2.24. The van der Waals surface area contributed by atoms with Gasteiger partial charge in [0.25, 0.3) is 5.91 Å². The number of halogens is 1. The van der Waals surface area contributed by atoms with Gasteiger partial charge in [0.1, 0.15) is 10.1 Å². The second-order valence-corrected chi connectivity index (χ2v) is 7.75. The first-order valence-corrected chi connectivity index (χ1v) is 9.60. The SMILES string of the molecule is O=C(O)CCCNC(=O)CCN1C(=O)/C(=C/c2cc(Cl)ccc2O)SC1=S. The van der Waals surface area contributed by atoms with E-state index < -0.39 is 5.97 Å².